The zero-order valence-electron chi connectivity index (χ0n) is 11.9. The van der Waals surface area contributed by atoms with E-state index in [1.165, 1.54) is 31.2 Å². The van der Waals surface area contributed by atoms with E-state index in [0.29, 0.717) is 12.1 Å². The molecule has 1 aromatic rings. The molecule has 2 fully saturated rings. The van der Waals surface area contributed by atoms with E-state index in [-0.39, 0.29) is 0 Å². The molecule has 2 aliphatic carbocycles. The highest BCUT2D eigenvalue weighted by molar-refractivity contribution is 6.31. The Morgan fingerprint density at radius 2 is 1.95 bits per heavy atom. The van der Waals surface area contributed by atoms with Gasteiger partial charge in [-0.05, 0) is 62.5 Å². The standard InChI is InChI=1S/C17H24ClN/c1-11(15-5-3-4-6-17(15)18)19-12(2)16-10-13-7-8-14(16)9-13/h3-6,11-14,16,19H,7-10H2,1-2H3/t11-,12+,13-,14-,16+/m1/s1. The van der Waals surface area contributed by atoms with Gasteiger partial charge < -0.3 is 5.32 Å². The zero-order chi connectivity index (χ0) is 13.4. The van der Waals surface area contributed by atoms with Crippen LogP contribution >= 0.6 is 11.6 Å². The monoisotopic (exact) mass is 277 g/mol. The van der Waals surface area contributed by atoms with Crippen molar-refractivity contribution in [3.8, 4) is 0 Å². The Morgan fingerprint density at radius 1 is 1.16 bits per heavy atom. The van der Waals surface area contributed by atoms with Gasteiger partial charge in [0, 0.05) is 17.1 Å². The molecule has 5 atom stereocenters. The predicted octanol–water partition coefficient (Wildman–Crippen LogP) is 4.82. The van der Waals surface area contributed by atoms with Gasteiger partial charge in [0.1, 0.15) is 0 Å². The molecule has 2 aliphatic rings. The van der Waals surface area contributed by atoms with Crippen LogP contribution in [0.3, 0.4) is 0 Å². The molecular weight excluding hydrogens is 254 g/mol. The van der Waals surface area contributed by atoms with Crippen LogP contribution in [0.2, 0.25) is 5.02 Å². The Hall–Kier alpha value is -0.530. The van der Waals surface area contributed by atoms with E-state index >= 15 is 0 Å². The van der Waals surface area contributed by atoms with Gasteiger partial charge >= 0.3 is 0 Å². The minimum Gasteiger partial charge on any atom is -0.307 e. The fourth-order valence-electron chi connectivity index (χ4n) is 4.34. The van der Waals surface area contributed by atoms with E-state index < -0.39 is 0 Å². The molecular formula is C17H24ClN. The Balaban J connectivity index is 1.63. The van der Waals surface area contributed by atoms with Crippen molar-refractivity contribution in [2.24, 2.45) is 17.8 Å². The van der Waals surface area contributed by atoms with Crippen molar-refractivity contribution in [1.29, 1.82) is 0 Å². The third-order valence-electron chi connectivity index (χ3n) is 5.32. The van der Waals surface area contributed by atoms with Crippen molar-refractivity contribution >= 4 is 11.6 Å². The summed E-state index contributed by atoms with van der Waals surface area (Å²) in [5.74, 6) is 2.88. The molecule has 0 saturated heterocycles. The van der Waals surface area contributed by atoms with E-state index in [1.807, 2.05) is 12.1 Å². The summed E-state index contributed by atoms with van der Waals surface area (Å²) in [5.41, 5.74) is 1.22. The lowest BCUT2D eigenvalue weighted by Gasteiger charge is -2.31. The largest absolute Gasteiger partial charge is 0.307 e. The fraction of sp³-hybridized carbons (Fsp3) is 0.647. The average Bonchev–Trinajstić information content (AvgIpc) is 3.01. The van der Waals surface area contributed by atoms with E-state index in [4.69, 9.17) is 11.6 Å². The van der Waals surface area contributed by atoms with Gasteiger partial charge in [0.25, 0.3) is 0 Å². The molecule has 0 aromatic heterocycles. The summed E-state index contributed by atoms with van der Waals surface area (Å²) < 4.78 is 0. The summed E-state index contributed by atoms with van der Waals surface area (Å²) in [6.45, 7) is 4.59. The van der Waals surface area contributed by atoms with Crippen molar-refractivity contribution in [3.63, 3.8) is 0 Å². The third kappa shape index (κ3) is 2.68. The number of benzene rings is 1. The minimum atomic E-state index is 0.336. The average molecular weight is 278 g/mol. The van der Waals surface area contributed by atoms with Gasteiger partial charge in [0.15, 0.2) is 0 Å². The van der Waals surface area contributed by atoms with Gasteiger partial charge in [-0.15, -0.1) is 0 Å². The Labute approximate surface area is 121 Å². The van der Waals surface area contributed by atoms with Crippen LogP contribution in [0.5, 0.6) is 0 Å². The molecule has 0 aliphatic heterocycles. The molecule has 2 saturated carbocycles. The van der Waals surface area contributed by atoms with Crippen molar-refractivity contribution in [2.75, 3.05) is 0 Å². The molecule has 1 aromatic carbocycles. The maximum Gasteiger partial charge on any atom is 0.0453 e. The highest BCUT2D eigenvalue weighted by Gasteiger charge is 2.41. The predicted molar refractivity (Wildman–Crippen MR) is 81.4 cm³/mol. The summed E-state index contributed by atoms with van der Waals surface area (Å²) in [7, 11) is 0. The van der Waals surface area contributed by atoms with Gasteiger partial charge in [0.05, 0.1) is 0 Å². The minimum absolute atomic E-state index is 0.336. The first kappa shape index (κ1) is 13.5. The summed E-state index contributed by atoms with van der Waals surface area (Å²) in [5, 5.41) is 4.66. The number of rotatable bonds is 4. The smallest absolute Gasteiger partial charge is 0.0453 e. The lowest BCUT2D eigenvalue weighted by atomic mass is 9.83. The van der Waals surface area contributed by atoms with Gasteiger partial charge in [-0.1, -0.05) is 36.2 Å². The van der Waals surface area contributed by atoms with Crippen molar-refractivity contribution in [3.05, 3.63) is 34.9 Å². The number of halogens is 1. The molecule has 0 heterocycles. The molecule has 2 heteroatoms. The first-order chi connectivity index (χ1) is 9.15. The SMILES string of the molecule is C[C@H](N[C@H](C)c1ccccc1Cl)[C@@H]1C[C@@H]2CC[C@@H]1C2. The second-order valence-corrected chi connectivity index (χ2v) is 6.94. The Kier molecular flexibility index (Phi) is 3.86. The topological polar surface area (TPSA) is 12.0 Å². The summed E-state index contributed by atoms with van der Waals surface area (Å²) in [6.07, 6.45) is 5.86. The molecule has 1 N–H and O–H groups in total. The van der Waals surface area contributed by atoms with Gasteiger partial charge in [-0.25, -0.2) is 0 Å². The Morgan fingerprint density at radius 3 is 2.58 bits per heavy atom. The molecule has 0 radical (unpaired) electrons. The van der Waals surface area contributed by atoms with Crippen molar-refractivity contribution in [1.82, 2.24) is 5.32 Å². The summed E-state index contributed by atoms with van der Waals surface area (Å²) in [6, 6.07) is 9.12. The van der Waals surface area contributed by atoms with Crippen LogP contribution in [0.15, 0.2) is 24.3 Å². The molecule has 0 amide bonds. The van der Waals surface area contributed by atoms with Crippen molar-refractivity contribution < 1.29 is 0 Å². The van der Waals surface area contributed by atoms with Gasteiger partial charge in [-0.2, -0.15) is 0 Å². The normalized spacial score (nSPS) is 32.5. The van der Waals surface area contributed by atoms with E-state index in [2.05, 4.69) is 31.3 Å². The lowest BCUT2D eigenvalue weighted by molar-refractivity contribution is 0.248. The van der Waals surface area contributed by atoms with Gasteiger partial charge in [0.2, 0.25) is 0 Å². The highest BCUT2D eigenvalue weighted by atomic mass is 35.5. The van der Waals surface area contributed by atoms with Crippen LogP contribution in [0.1, 0.15) is 51.1 Å². The van der Waals surface area contributed by atoms with Crippen LogP contribution in [0, 0.1) is 17.8 Å². The van der Waals surface area contributed by atoms with E-state index in [1.54, 1.807) is 0 Å². The lowest BCUT2D eigenvalue weighted by Crippen LogP contribution is -2.37. The van der Waals surface area contributed by atoms with Crippen LogP contribution < -0.4 is 5.32 Å². The maximum atomic E-state index is 6.29. The maximum absolute atomic E-state index is 6.29. The van der Waals surface area contributed by atoms with Crippen LogP contribution in [-0.2, 0) is 0 Å². The van der Waals surface area contributed by atoms with Gasteiger partial charge in [-0.3, -0.25) is 0 Å². The first-order valence-electron chi connectivity index (χ1n) is 7.65. The number of fused-ring (bicyclic) bond motifs is 2. The Bertz CT molecular complexity index is 445. The third-order valence-corrected chi connectivity index (χ3v) is 5.66. The summed E-state index contributed by atoms with van der Waals surface area (Å²) in [4.78, 5) is 0. The number of nitrogens with one attached hydrogen (secondary N) is 1. The quantitative estimate of drug-likeness (QED) is 0.832. The molecule has 3 rings (SSSR count). The zero-order valence-corrected chi connectivity index (χ0v) is 12.7. The number of hydrogen-bond acceptors (Lipinski definition) is 1. The van der Waals surface area contributed by atoms with Crippen molar-refractivity contribution in [2.45, 2.75) is 51.6 Å². The molecule has 0 spiro atoms. The molecule has 1 nitrogen and oxygen atoms in total. The molecule has 104 valence electrons. The number of hydrogen-bond donors (Lipinski definition) is 1. The molecule has 0 unspecified atom stereocenters. The first-order valence-corrected chi connectivity index (χ1v) is 8.03. The van der Waals surface area contributed by atoms with Crippen LogP contribution in [0.4, 0.5) is 0 Å². The highest BCUT2D eigenvalue weighted by Crippen LogP contribution is 2.49. The second-order valence-electron chi connectivity index (χ2n) is 6.54. The fourth-order valence-corrected chi connectivity index (χ4v) is 4.64. The molecule has 19 heavy (non-hydrogen) atoms. The van der Waals surface area contributed by atoms with E-state index in [9.17, 15) is 0 Å². The van der Waals surface area contributed by atoms with Crippen LogP contribution in [-0.4, -0.2) is 6.04 Å². The van der Waals surface area contributed by atoms with E-state index in [0.717, 1.165) is 22.8 Å². The summed E-state index contributed by atoms with van der Waals surface area (Å²) >= 11 is 6.29. The molecule has 2 bridgehead atoms. The van der Waals surface area contributed by atoms with Crippen LogP contribution in [0.25, 0.3) is 0 Å². The second kappa shape index (κ2) is 5.46.